The van der Waals surface area contributed by atoms with E-state index in [-0.39, 0.29) is 5.11 Å². The van der Waals surface area contributed by atoms with E-state index in [2.05, 4.69) is 31.6 Å². The number of carbonyl (C=O) groups is 1. The number of hydrogen-bond donors (Lipinski definition) is 3. The molecule has 12 heteroatoms. The summed E-state index contributed by atoms with van der Waals surface area (Å²) in [5, 5.41) is 14.1. The minimum Gasteiger partial charge on any atom is -0.293 e. The lowest BCUT2D eigenvalue weighted by atomic mass is 10.2. The molecule has 24 heavy (non-hydrogen) atoms. The average Bonchev–Trinajstić information content (AvgIpc) is 3.13. The summed E-state index contributed by atoms with van der Waals surface area (Å²) in [5.74, 6) is -0.398. The average molecular weight is 381 g/mol. The lowest BCUT2D eigenvalue weighted by Gasteiger charge is -2.36. The van der Waals surface area contributed by atoms with E-state index < -0.39 is 10.9 Å². The molecule has 1 fully saturated rings. The molecule has 0 aliphatic carbocycles. The number of halogens is 1. The minimum absolute atomic E-state index is 0.124. The number of thioether (sulfide) groups is 1. The maximum Gasteiger partial charge on any atom is 0.304 e. The smallest absolute Gasteiger partial charge is 0.293 e. The van der Waals surface area contributed by atoms with Gasteiger partial charge in [0.1, 0.15) is 6.33 Å². The Morgan fingerprint density at radius 1 is 1.42 bits per heavy atom. The molecule has 2 aliphatic rings. The second-order valence-electron chi connectivity index (χ2n) is 4.82. The first kappa shape index (κ1) is 15.3. The summed E-state index contributed by atoms with van der Waals surface area (Å²) in [7, 11) is 0. The minimum atomic E-state index is -1.22. The Hall–Kier alpha value is -2.21. The third-order valence-electron chi connectivity index (χ3n) is 3.29. The fourth-order valence-electron chi connectivity index (χ4n) is 2.14. The second-order valence-corrected chi connectivity index (χ2v) is 6.79. The number of hydrazine groups is 1. The molecule has 1 saturated heterocycles. The highest BCUT2D eigenvalue weighted by atomic mass is 35.5. The Bertz CT molecular complexity index is 848. The number of carbonyl (C=O) groups excluding carboxylic acids is 1. The first-order valence-electron chi connectivity index (χ1n) is 6.66. The quantitative estimate of drug-likeness (QED) is 0.511. The van der Waals surface area contributed by atoms with Crippen molar-refractivity contribution < 1.29 is 4.79 Å². The van der Waals surface area contributed by atoms with E-state index in [1.165, 1.54) is 12.5 Å². The Morgan fingerprint density at radius 2 is 2.25 bits per heavy atom. The monoisotopic (exact) mass is 380 g/mol. The van der Waals surface area contributed by atoms with Crippen molar-refractivity contribution in [1.82, 2.24) is 30.7 Å². The molecule has 2 aliphatic heterocycles. The summed E-state index contributed by atoms with van der Waals surface area (Å²) in [5.41, 5.74) is 9.26. The number of hydrazone groups is 1. The van der Waals surface area contributed by atoms with Gasteiger partial charge in [0.05, 0.1) is 6.21 Å². The SMILES string of the molecule is O=C1N(/N=C/c2ccccc2Cl)C(=S)NNC12Nn1cnnc1S2. The van der Waals surface area contributed by atoms with Crippen LogP contribution in [0.15, 0.2) is 40.9 Å². The Kier molecular flexibility index (Phi) is 3.64. The van der Waals surface area contributed by atoms with Gasteiger partial charge in [0.15, 0.2) is 0 Å². The number of nitrogens with one attached hydrogen (secondary N) is 3. The first-order chi connectivity index (χ1) is 11.6. The van der Waals surface area contributed by atoms with Crippen LogP contribution in [-0.4, -0.2) is 42.1 Å². The van der Waals surface area contributed by atoms with Gasteiger partial charge in [0, 0.05) is 10.6 Å². The Labute approximate surface area is 150 Å². The van der Waals surface area contributed by atoms with Crippen molar-refractivity contribution in [3.63, 3.8) is 0 Å². The number of amides is 1. The molecule has 3 heterocycles. The largest absolute Gasteiger partial charge is 0.304 e. The molecule has 0 radical (unpaired) electrons. The summed E-state index contributed by atoms with van der Waals surface area (Å²) in [4.78, 5) is 11.7. The van der Waals surface area contributed by atoms with Crippen molar-refractivity contribution >= 4 is 52.8 Å². The van der Waals surface area contributed by atoms with Gasteiger partial charge in [-0.2, -0.15) is 15.5 Å². The number of hydrogen-bond acceptors (Lipinski definition) is 8. The van der Waals surface area contributed by atoms with Crippen LogP contribution in [0.4, 0.5) is 0 Å². The van der Waals surface area contributed by atoms with E-state index in [1.54, 1.807) is 16.8 Å². The fourth-order valence-corrected chi connectivity index (χ4v) is 3.48. The zero-order valence-corrected chi connectivity index (χ0v) is 14.2. The van der Waals surface area contributed by atoms with Crippen LogP contribution >= 0.6 is 35.6 Å². The zero-order valence-electron chi connectivity index (χ0n) is 11.8. The van der Waals surface area contributed by atoms with Crippen molar-refractivity contribution in [2.24, 2.45) is 5.10 Å². The summed E-state index contributed by atoms with van der Waals surface area (Å²) in [6.45, 7) is 0. The predicted molar refractivity (Wildman–Crippen MR) is 92.7 cm³/mol. The standard InChI is InChI=1S/C12H9ClN8OS2/c13-8-4-2-1-3-7(8)5-15-21-9(22)12(18-16-10(21)23)19-20-6-14-17-11(20)24-12/h1-6,18-19H,(H,16,23)/b15-5+. The van der Waals surface area contributed by atoms with Crippen LogP contribution in [0.5, 0.6) is 0 Å². The molecule has 1 amide bonds. The van der Waals surface area contributed by atoms with Crippen LogP contribution in [0.3, 0.4) is 0 Å². The van der Waals surface area contributed by atoms with E-state index >= 15 is 0 Å². The zero-order chi connectivity index (χ0) is 16.7. The maximum absolute atomic E-state index is 12.9. The van der Waals surface area contributed by atoms with E-state index in [0.717, 1.165) is 16.8 Å². The molecule has 1 atom stereocenters. The molecule has 122 valence electrons. The number of fused-ring (bicyclic) bond motifs is 1. The fraction of sp³-hybridized carbons (Fsp3) is 0.0833. The number of aromatic nitrogens is 3. The molecule has 1 unspecified atom stereocenters. The van der Waals surface area contributed by atoms with Crippen molar-refractivity contribution in [2.45, 2.75) is 10.2 Å². The van der Waals surface area contributed by atoms with Gasteiger partial charge in [-0.1, -0.05) is 29.8 Å². The van der Waals surface area contributed by atoms with Gasteiger partial charge in [0.2, 0.25) is 10.3 Å². The highest BCUT2D eigenvalue weighted by molar-refractivity contribution is 8.01. The van der Waals surface area contributed by atoms with Gasteiger partial charge >= 0.3 is 5.91 Å². The van der Waals surface area contributed by atoms with Gasteiger partial charge in [-0.05, 0) is 30.0 Å². The van der Waals surface area contributed by atoms with Crippen LogP contribution in [0.25, 0.3) is 0 Å². The summed E-state index contributed by atoms with van der Waals surface area (Å²) in [6.07, 6.45) is 2.95. The van der Waals surface area contributed by atoms with Crippen LogP contribution in [-0.2, 0) is 4.79 Å². The van der Waals surface area contributed by atoms with Gasteiger partial charge < -0.3 is 0 Å². The molecule has 9 nitrogen and oxygen atoms in total. The van der Waals surface area contributed by atoms with Crippen molar-refractivity contribution in [1.29, 1.82) is 0 Å². The molecule has 2 aromatic rings. The molecule has 1 aromatic heterocycles. The van der Waals surface area contributed by atoms with Crippen LogP contribution in [0, 0.1) is 0 Å². The normalized spacial score (nSPS) is 22.8. The summed E-state index contributed by atoms with van der Waals surface area (Å²) < 4.78 is 1.54. The molecule has 0 saturated carbocycles. The number of rotatable bonds is 2. The number of nitrogens with zero attached hydrogens (tertiary/aromatic N) is 5. The third kappa shape index (κ3) is 2.41. The Balaban J connectivity index is 1.61. The van der Waals surface area contributed by atoms with Gasteiger partial charge in [-0.25, -0.2) is 4.68 Å². The maximum atomic E-state index is 12.9. The van der Waals surface area contributed by atoms with Crippen molar-refractivity contribution in [3.05, 3.63) is 41.2 Å². The first-order valence-corrected chi connectivity index (χ1v) is 8.27. The van der Waals surface area contributed by atoms with Crippen LogP contribution < -0.4 is 16.3 Å². The molecule has 3 N–H and O–H groups in total. The lowest BCUT2D eigenvalue weighted by Crippen LogP contribution is -2.71. The van der Waals surface area contributed by atoms with Crippen molar-refractivity contribution in [3.8, 4) is 0 Å². The lowest BCUT2D eigenvalue weighted by molar-refractivity contribution is -0.131. The molecular weight excluding hydrogens is 372 g/mol. The molecule has 1 aromatic carbocycles. The summed E-state index contributed by atoms with van der Waals surface area (Å²) >= 11 is 12.4. The predicted octanol–water partition coefficient (Wildman–Crippen LogP) is 0.490. The van der Waals surface area contributed by atoms with Crippen LogP contribution in [0.2, 0.25) is 5.02 Å². The highest BCUT2D eigenvalue weighted by Crippen LogP contribution is 2.36. The number of thiocarbonyl (C=S) groups is 1. The third-order valence-corrected chi connectivity index (χ3v) is 5.04. The van der Waals surface area contributed by atoms with Gasteiger partial charge in [0.25, 0.3) is 4.99 Å². The number of benzene rings is 1. The molecule has 0 bridgehead atoms. The highest BCUT2D eigenvalue weighted by Gasteiger charge is 2.52. The van der Waals surface area contributed by atoms with E-state index in [1.807, 2.05) is 12.1 Å². The van der Waals surface area contributed by atoms with E-state index in [4.69, 9.17) is 23.8 Å². The van der Waals surface area contributed by atoms with Crippen LogP contribution in [0.1, 0.15) is 5.56 Å². The molecule has 4 rings (SSSR count). The summed E-state index contributed by atoms with van der Waals surface area (Å²) in [6, 6.07) is 7.16. The molecular formula is C12H9ClN8OS2. The molecule has 1 spiro atoms. The van der Waals surface area contributed by atoms with Crippen molar-refractivity contribution in [2.75, 3.05) is 5.43 Å². The van der Waals surface area contributed by atoms with Gasteiger partial charge in [-0.3, -0.25) is 15.6 Å². The Morgan fingerprint density at radius 3 is 3.04 bits per heavy atom. The van der Waals surface area contributed by atoms with Gasteiger partial charge in [-0.15, -0.1) is 10.2 Å². The van der Waals surface area contributed by atoms with E-state index in [0.29, 0.717) is 15.7 Å². The second kappa shape index (κ2) is 5.70. The van der Waals surface area contributed by atoms with E-state index in [9.17, 15) is 4.79 Å². The topological polar surface area (TPSA) is 99.5 Å².